The van der Waals surface area contributed by atoms with Crippen molar-refractivity contribution in [1.82, 2.24) is 0 Å². The number of ether oxygens (including phenoxy) is 8. The van der Waals surface area contributed by atoms with Gasteiger partial charge >= 0.3 is 82.9 Å². The molecule has 2 aromatic heterocycles. The first-order valence-electron chi connectivity index (χ1n) is 39.3. The van der Waals surface area contributed by atoms with Crippen molar-refractivity contribution in [3.05, 3.63) is 127 Å². The summed E-state index contributed by atoms with van der Waals surface area (Å²) in [7, 11) is 0.841. The van der Waals surface area contributed by atoms with E-state index >= 15 is 0 Å². The number of phenolic OH excluding ortho intramolecular Hbond substituents is 18. The highest BCUT2D eigenvalue weighted by Gasteiger charge is 2.52. The highest BCUT2D eigenvalue weighted by Crippen LogP contribution is 2.45. The van der Waals surface area contributed by atoms with E-state index in [2.05, 4.69) is 28.4 Å². The molecule has 4 heterocycles. The van der Waals surface area contributed by atoms with Gasteiger partial charge in [-0.2, -0.15) is 0 Å². The zero-order chi connectivity index (χ0) is 111. The minimum absolute atomic E-state index is 0.0180. The Bertz CT molecular complexity index is 6320. The summed E-state index contributed by atoms with van der Waals surface area (Å²) < 4.78 is 46.8. The molecule has 146 heavy (non-hydrogen) atoms. The number of carbonyl (C=O) groups is 13. The molecule has 2 aliphatic heterocycles. The third-order valence-corrected chi connectivity index (χ3v) is 19.9. The van der Waals surface area contributed by atoms with E-state index in [4.69, 9.17) is 64.3 Å². The monoisotopic (exact) mass is 2090 g/mol. The molecule has 0 spiro atoms. The molecule has 2 saturated heterocycles. The highest BCUT2D eigenvalue weighted by atomic mass is 16.7. The minimum atomic E-state index is -2.56. The Morgan fingerprint density at radius 3 is 0.973 bits per heavy atom. The van der Waals surface area contributed by atoms with Crippen LogP contribution in [0.5, 0.6) is 103 Å². The van der Waals surface area contributed by atoms with Gasteiger partial charge in [0.05, 0.1) is 52.3 Å². The lowest BCUT2D eigenvalue weighted by atomic mass is 9.99. The lowest BCUT2D eigenvalue weighted by Gasteiger charge is -2.39. The molecule has 794 valence electrons. The smallest absolute Gasteiger partial charge is 0.350 e. The van der Waals surface area contributed by atoms with Crippen LogP contribution in [0.1, 0.15) is 57.4 Å². The Labute approximate surface area is 802 Å². The van der Waals surface area contributed by atoms with Crippen molar-refractivity contribution in [3.8, 4) is 103 Å². The summed E-state index contributed by atoms with van der Waals surface area (Å²) in [5, 5.41) is 364. The van der Waals surface area contributed by atoms with Gasteiger partial charge in [-0.25, -0.2) is 67.1 Å². The second-order valence-corrected chi connectivity index (χ2v) is 29.7. The number of carboxylic acid groups (broad SMARTS) is 5. The van der Waals surface area contributed by atoms with Gasteiger partial charge in [-0.15, -0.1) is 0 Å². The molecule has 2 unspecified atom stereocenters. The first-order chi connectivity index (χ1) is 67.8. The van der Waals surface area contributed by atoms with Gasteiger partial charge in [0, 0.05) is 16.3 Å². The van der Waals surface area contributed by atoms with Gasteiger partial charge < -0.3 is 246 Å². The maximum absolute atomic E-state index is 12.1. The Morgan fingerprint density at radius 1 is 0.349 bits per heavy atom. The number of ketones is 1. The van der Waals surface area contributed by atoms with Gasteiger partial charge in [-0.3, -0.25) is 4.79 Å². The molecule has 64 heteroatoms. The first kappa shape index (κ1) is 117. The molecule has 0 aliphatic carbocycles. The fourth-order valence-corrected chi connectivity index (χ4v) is 12.1. The Hall–Kier alpha value is -17.5. The number of rotatable bonds is 29. The lowest BCUT2D eigenvalue weighted by molar-refractivity contribution is -0.285. The number of aliphatic hydroxyl groups excluding tert-OH is 16. The van der Waals surface area contributed by atoms with Crippen LogP contribution in [0.4, 0.5) is 0 Å². The number of carbonyl (C=O) groups excluding carboxylic acids is 8. The van der Waals surface area contributed by atoms with E-state index in [0.717, 1.165) is 25.3 Å². The SMILES string of the molecule is COC(=O)[C@H](OC(=O)c1cc(O)c(O)c(O)c1)[C@@H](O)[C@@H](O)[C@H](O)C(=O)O.Cc1c(O)cc2c(=O)oc3c(O)c(O)cc4c(=O)oc1c2c34.O=C(O[C@@H](C(=O)O)[C@@H](O)[C@@H](O)[C@H](O)C(=O)CO)c1cc(O)c(O)c(O)c1.O=C(O[C@@H](C(=O)O)[C@@H](O)[C@@H](O)[C@H](O)C(=O)O)c1cc(O)c(O)c(O)c1.O=C(O[C@@H](C(=O)O)[C@H]1OC(=O)[C@@H](O)[C@@H]1O)c1cc(O)c(O)c(O)c1.O=C(O[C@@H]1OC(CO)[C@@H](O)[C@H](O)C1O)c1cc(O)c(O)c(O)c1. The summed E-state index contributed by atoms with van der Waals surface area (Å²) in [4.78, 5) is 172. The molecule has 64 nitrogen and oxygen atoms in total. The molecule has 9 aromatic rings. The molecule has 2 fully saturated rings. The van der Waals surface area contributed by atoms with Crippen molar-refractivity contribution < 1.29 is 308 Å². The minimum Gasteiger partial charge on any atom is -0.508 e. The number of hydrogen-bond acceptors (Lipinski definition) is 59. The predicted molar refractivity (Wildman–Crippen MR) is 448 cm³/mol. The highest BCUT2D eigenvalue weighted by molar-refractivity contribution is 6.21. The van der Waals surface area contributed by atoms with Crippen molar-refractivity contribution in [2.24, 2.45) is 0 Å². The van der Waals surface area contributed by atoms with E-state index < -0.39 is 350 Å². The number of methoxy groups -OCH3 is 1. The standard InChI is InChI=1S/C15H8O7.2C14H16O12.C13H14O12.C13H12O11.C13H16O10/c1-4-7(16)2-5-9-10-6(14(19)21-12(4)9)3-8(17)11(18)13(10)22-15(5)20;1-25-14(24)11(9(19)8(18)10(20)12(21)22)26-13(23)4-2-5(15)7(17)6(16)3-4;15-3-7(18)9(20)10(21)11(22)12(13(23)24)26-14(25)4-1-5(16)8(19)6(17)2-4;14-4-1-3(2-5(15)6(4)16)13(24)25-10(12(22)23)8(18)7(17)9(19)11(20)21;14-4-1-3(2-5(15)6(4)16)12(21)24-10(11(19)20)9-7(17)8(18)13(22)23-9;14-3-7-9(18)10(19)11(20)13(22-7)23-12(21)4-1-5(15)8(17)6(16)2-4/h2-3,16-18H,1H3;2-3,8-11,15-20H,1H3,(H,21,22);1-2,9-12,15-17,19-22H,3H2,(H,23,24);1-2,7-10,14-19H,(H,20,21)(H,22,23);1-2,7-10,14-18H,(H,19,20);1-2,7,9-11,13-20H,3H2/t;8-,9+,10+,11-;9-,10+,11+,12-;7-,8+,9+,10-;7-,8-,9-,10+;7?,9-,10+,11?,13+/m.11101/s1. The van der Waals surface area contributed by atoms with Crippen LogP contribution in [0, 0.1) is 6.92 Å². The normalized spacial score (nSPS) is 18.8. The summed E-state index contributed by atoms with van der Waals surface area (Å²) in [5.74, 6) is -35.3. The van der Waals surface area contributed by atoms with Crippen LogP contribution in [-0.4, -0.2) is 425 Å². The van der Waals surface area contributed by atoms with E-state index in [9.17, 15) is 225 Å². The van der Waals surface area contributed by atoms with Crippen molar-refractivity contribution >= 4 is 110 Å². The summed E-state index contributed by atoms with van der Waals surface area (Å²) in [6, 6.07) is 9.09. The molecular weight excluding hydrogens is 2010 g/mol. The maximum Gasteiger partial charge on any atom is 0.350 e. The van der Waals surface area contributed by atoms with E-state index in [1.54, 1.807) is 0 Å². The van der Waals surface area contributed by atoms with E-state index in [1.165, 1.54) is 13.0 Å². The third kappa shape index (κ3) is 26.8. The Kier molecular flexibility index (Phi) is 39.2. The molecular formula is C82H82O64. The van der Waals surface area contributed by atoms with Crippen molar-refractivity contribution in [3.63, 3.8) is 0 Å². The number of aryl methyl sites for hydroxylation is 1. The average molecular weight is 2090 g/mol. The van der Waals surface area contributed by atoms with Crippen LogP contribution < -0.4 is 11.3 Å². The van der Waals surface area contributed by atoms with Gasteiger partial charge in [0.15, 0.2) is 128 Å². The number of cyclic esters (lactones) is 1. The summed E-state index contributed by atoms with van der Waals surface area (Å²) in [6.07, 6.45) is -45.3. The number of Topliss-reactive ketones (excluding diaryl/α,β-unsaturated/α-hetero) is 1. The number of hydrogen-bond donors (Lipinski definition) is 39. The Balaban J connectivity index is 0.000000268. The molecule has 0 saturated carbocycles. The number of benzene rings is 7. The zero-order valence-corrected chi connectivity index (χ0v) is 72.6. The topological polar surface area (TPSA) is 1150 Å². The average Bonchev–Trinajstić information content (AvgIpc) is 0.962. The second kappa shape index (κ2) is 48.8. The number of carboxylic acids is 5. The van der Waals surface area contributed by atoms with Crippen LogP contribution >= 0.6 is 0 Å². The molecule has 21 atom stereocenters. The van der Waals surface area contributed by atoms with E-state index in [-0.39, 0.29) is 49.6 Å². The van der Waals surface area contributed by atoms with Crippen LogP contribution in [-0.2, 0) is 76.3 Å². The number of esters is 7. The molecule has 0 radical (unpaired) electrons. The number of aliphatic hydroxyl groups is 16. The first-order valence-corrected chi connectivity index (χ1v) is 39.3. The van der Waals surface area contributed by atoms with E-state index in [1.807, 2.05) is 0 Å². The molecule has 11 rings (SSSR count). The van der Waals surface area contributed by atoms with Gasteiger partial charge in [-0.05, 0) is 79.7 Å². The van der Waals surface area contributed by atoms with Crippen LogP contribution in [0.2, 0.25) is 0 Å². The fraction of sp³-hybridized carbons (Fsp3) is 0.305. The van der Waals surface area contributed by atoms with Gasteiger partial charge in [0.1, 0.15) is 91.2 Å². The zero-order valence-electron chi connectivity index (χ0n) is 72.6. The third-order valence-electron chi connectivity index (χ3n) is 19.9. The lowest BCUT2D eigenvalue weighted by Crippen LogP contribution is -2.59. The molecule has 2 aliphatic rings. The molecule has 0 amide bonds. The molecule has 7 aromatic carbocycles. The summed E-state index contributed by atoms with van der Waals surface area (Å²) in [6.45, 7) is -0.364. The van der Waals surface area contributed by atoms with Crippen LogP contribution in [0.25, 0.3) is 32.7 Å². The van der Waals surface area contributed by atoms with Gasteiger partial charge in [0.25, 0.3) is 0 Å². The van der Waals surface area contributed by atoms with Crippen molar-refractivity contribution in [2.45, 2.75) is 135 Å². The fourth-order valence-electron chi connectivity index (χ4n) is 12.1. The second-order valence-electron chi connectivity index (χ2n) is 29.7. The Morgan fingerprint density at radius 2 is 0.658 bits per heavy atom. The van der Waals surface area contributed by atoms with Crippen molar-refractivity contribution in [2.75, 3.05) is 20.3 Å². The quantitative estimate of drug-likeness (QED) is 0.00680. The van der Waals surface area contributed by atoms with Gasteiger partial charge in [0.2, 0.25) is 36.5 Å². The summed E-state index contributed by atoms with van der Waals surface area (Å²) in [5.41, 5.74) is -4.27. The number of aliphatic carboxylic acids is 5. The number of aromatic hydroxyl groups is 18. The van der Waals surface area contributed by atoms with Crippen molar-refractivity contribution in [1.29, 1.82) is 0 Å². The van der Waals surface area contributed by atoms with Gasteiger partial charge in [-0.1, -0.05) is 0 Å². The predicted octanol–water partition coefficient (Wildman–Crippen LogP) is -9.96. The molecule has 0 bridgehead atoms. The van der Waals surface area contributed by atoms with Crippen LogP contribution in [0.3, 0.4) is 0 Å². The largest absolute Gasteiger partial charge is 0.508 e. The summed E-state index contributed by atoms with van der Waals surface area (Å²) >= 11 is 0. The molecule has 39 N–H and O–H groups in total. The maximum atomic E-state index is 12.1. The van der Waals surface area contributed by atoms with Crippen LogP contribution in [0.15, 0.2) is 91.2 Å². The number of phenols is 18. The van der Waals surface area contributed by atoms with E-state index in [0.29, 0.717) is 48.5 Å².